The Bertz CT molecular complexity index is 397. The van der Waals surface area contributed by atoms with Crippen LogP contribution in [0.3, 0.4) is 0 Å². The van der Waals surface area contributed by atoms with Crippen LogP contribution in [0.4, 0.5) is 0 Å². The van der Waals surface area contributed by atoms with Crippen molar-refractivity contribution in [3.63, 3.8) is 0 Å². The number of piperidine rings is 1. The summed E-state index contributed by atoms with van der Waals surface area (Å²) in [6, 6.07) is -0.235. The fraction of sp³-hybridized carbons (Fsp3) is 0.917. The summed E-state index contributed by atoms with van der Waals surface area (Å²) in [6.45, 7) is 4.96. The van der Waals surface area contributed by atoms with Crippen LogP contribution >= 0.6 is 0 Å². The third-order valence-corrected chi connectivity index (χ3v) is 5.05. The first-order valence-electron chi connectivity index (χ1n) is 6.80. The lowest BCUT2D eigenvalue weighted by molar-refractivity contribution is -0.137. The van der Waals surface area contributed by atoms with E-state index in [1.165, 1.54) is 4.31 Å². The fourth-order valence-electron chi connectivity index (χ4n) is 2.31. The standard InChI is InChI=1S/C12H24N2O4S/c1-10-5-4-8-14(9-10)19(17,18)13-11(2)6-3-7-12(15)16/h10-11,13H,3-9H2,1-2H3,(H,15,16). The minimum absolute atomic E-state index is 0.0762. The number of nitrogens with one attached hydrogen (secondary N) is 1. The summed E-state index contributed by atoms with van der Waals surface area (Å²) in [6.07, 6.45) is 3.06. The molecule has 2 N–H and O–H groups in total. The Balaban J connectivity index is 2.42. The number of nitrogens with zero attached hydrogens (tertiary/aromatic N) is 1. The third kappa shape index (κ3) is 5.88. The summed E-state index contributed by atoms with van der Waals surface area (Å²) < 4.78 is 28.4. The van der Waals surface area contributed by atoms with Gasteiger partial charge in [0.1, 0.15) is 0 Å². The van der Waals surface area contributed by atoms with Crippen molar-refractivity contribution in [2.75, 3.05) is 13.1 Å². The molecule has 0 aromatic carbocycles. The van der Waals surface area contributed by atoms with Gasteiger partial charge in [0.05, 0.1) is 0 Å². The van der Waals surface area contributed by atoms with Gasteiger partial charge in [-0.05, 0) is 38.5 Å². The zero-order chi connectivity index (χ0) is 14.5. The van der Waals surface area contributed by atoms with Gasteiger partial charge in [-0.2, -0.15) is 17.4 Å². The van der Waals surface area contributed by atoms with Crippen molar-refractivity contribution in [1.29, 1.82) is 0 Å². The molecule has 112 valence electrons. The Kier molecular flexibility index (Phi) is 6.22. The molecule has 6 nitrogen and oxygen atoms in total. The van der Waals surface area contributed by atoms with E-state index in [9.17, 15) is 13.2 Å². The van der Waals surface area contributed by atoms with Crippen molar-refractivity contribution in [3.05, 3.63) is 0 Å². The number of hydrogen-bond acceptors (Lipinski definition) is 3. The smallest absolute Gasteiger partial charge is 0.303 e. The quantitative estimate of drug-likeness (QED) is 0.738. The molecule has 0 aliphatic carbocycles. The number of carboxylic acid groups (broad SMARTS) is 1. The van der Waals surface area contributed by atoms with Gasteiger partial charge in [0.25, 0.3) is 10.2 Å². The van der Waals surface area contributed by atoms with E-state index in [0.29, 0.717) is 31.8 Å². The molecule has 0 aromatic heterocycles. The lowest BCUT2D eigenvalue weighted by atomic mass is 10.0. The van der Waals surface area contributed by atoms with Crippen LogP contribution in [-0.2, 0) is 15.0 Å². The van der Waals surface area contributed by atoms with E-state index in [0.717, 1.165) is 12.8 Å². The number of hydrogen-bond donors (Lipinski definition) is 2. The van der Waals surface area contributed by atoms with Crippen LogP contribution in [0.15, 0.2) is 0 Å². The van der Waals surface area contributed by atoms with E-state index >= 15 is 0 Å². The second-order valence-corrected chi connectivity index (χ2v) is 7.12. The van der Waals surface area contributed by atoms with Crippen LogP contribution in [-0.4, -0.2) is 42.9 Å². The molecule has 7 heteroatoms. The van der Waals surface area contributed by atoms with Crippen LogP contribution in [0.2, 0.25) is 0 Å². The molecular formula is C12H24N2O4S. The predicted molar refractivity (Wildman–Crippen MR) is 73.0 cm³/mol. The van der Waals surface area contributed by atoms with Crippen molar-refractivity contribution in [1.82, 2.24) is 9.03 Å². The van der Waals surface area contributed by atoms with Crippen LogP contribution in [0.5, 0.6) is 0 Å². The van der Waals surface area contributed by atoms with Gasteiger partial charge in [-0.3, -0.25) is 4.79 Å². The average molecular weight is 292 g/mol. The van der Waals surface area contributed by atoms with Crippen LogP contribution in [0.25, 0.3) is 0 Å². The van der Waals surface area contributed by atoms with E-state index < -0.39 is 16.2 Å². The first kappa shape index (κ1) is 16.4. The van der Waals surface area contributed by atoms with Crippen molar-refractivity contribution < 1.29 is 18.3 Å². The molecule has 1 aliphatic rings. The lowest BCUT2D eigenvalue weighted by Crippen LogP contribution is -2.48. The van der Waals surface area contributed by atoms with Crippen LogP contribution in [0.1, 0.15) is 46.0 Å². The van der Waals surface area contributed by atoms with Gasteiger partial charge in [0.2, 0.25) is 0 Å². The maximum absolute atomic E-state index is 12.1. The van der Waals surface area contributed by atoms with E-state index in [1.54, 1.807) is 6.92 Å². The van der Waals surface area contributed by atoms with Gasteiger partial charge in [-0.1, -0.05) is 6.92 Å². The SMILES string of the molecule is CC1CCCN(S(=O)(=O)NC(C)CCCC(=O)O)C1. The number of carboxylic acids is 1. The molecule has 1 fully saturated rings. The molecule has 1 rings (SSSR count). The Labute approximate surface area is 115 Å². The number of aliphatic carboxylic acids is 1. The number of carbonyl (C=O) groups is 1. The Morgan fingerprint density at radius 2 is 2.21 bits per heavy atom. The maximum Gasteiger partial charge on any atom is 0.303 e. The van der Waals surface area contributed by atoms with Gasteiger partial charge < -0.3 is 5.11 Å². The van der Waals surface area contributed by atoms with Crippen LogP contribution in [0, 0.1) is 5.92 Å². The summed E-state index contributed by atoms with van der Waals surface area (Å²) >= 11 is 0. The molecule has 1 heterocycles. The minimum atomic E-state index is -3.43. The molecule has 0 aromatic rings. The molecule has 0 amide bonds. The summed E-state index contributed by atoms with van der Waals surface area (Å²) in [5.74, 6) is -0.451. The number of rotatable bonds is 7. The van der Waals surface area contributed by atoms with Gasteiger partial charge in [0, 0.05) is 25.6 Å². The molecule has 0 radical (unpaired) electrons. The zero-order valence-corrected chi connectivity index (χ0v) is 12.4. The van der Waals surface area contributed by atoms with E-state index in [2.05, 4.69) is 11.6 Å². The molecule has 2 atom stereocenters. The average Bonchev–Trinajstić information content (AvgIpc) is 2.27. The minimum Gasteiger partial charge on any atom is -0.481 e. The van der Waals surface area contributed by atoms with Crippen molar-refractivity contribution in [3.8, 4) is 0 Å². The summed E-state index contributed by atoms with van der Waals surface area (Å²) in [7, 11) is -3.43. The molecule has 19 heavy (non-hydrogen) atoms. The normalized spacial score (nSPS) is 23.2. The van der Waals surface area contributed by atoms with E-state index in [1.807, 2.05) is 0 Å². The highest BCUT2D eigenvalue weighted by molar-refractivity contribution is 7.87. The monoisotopic (exact) mass is 292 g/mol. The lowest BCUT2D eigenvalue weighted by Gasteiger charge is -2.31. The van der Waals surface area contributed by atoms with E-state index in [-0.39, 0.29) is 12.5 Å². The molecular weight excluding hydrogens is 268 g/mol. The molecule has 0 spiro atoms. The van der Waals surface area contributed by atoms with E-state index in [4.69, 9.17) is 5.11 Å². The summed E-state index contributed by atoms with van der Waals surface area (Å²) in [4.78, 5) is 10.4. The summed E-state index contributed by atoms with van der Waals surface area (Å²) in [5.41, 5.74) is 0. The highest BCUT2D eigenvalue weighted by Crippen LogP contribution is 2.18. The van der Waals surface area contributed by atoms with Gasteiger partial charge in [-0.25, -0.2) is 0 Å². The topological polar surface area (TPSA) is 86.7 Å². The van der Waals surface area contributed by atoms with Gasteiger partial charge in [-0.15, -0.1) is 0 Å². The first-order chi connectivity index (χ1) is 8.81. The Morgan fingerprint density at radius 3 is 2.79 bits per heavy atom. The molecule has 1 aliphatic heterocycles. The van der Waals surface area contributed by atoms with Gasteiger partial charge >= 0.3 is 5.97 Å². The second kappa shape index (κ2) is 7.21. The largest absolute Gasteiger partial charge is 0.481 e. The van der Waals surface area contributed by atoms with Crippen molar-refractivity contribution in [2.24, 2.45) is 5.92 Å². The summed E-state index contributed by atoms with van der Waals surface area (Å²) in [5, 5.41) is 8.55. The van der Waals surface area contributed by atoms with Crippen LogP contribution < -0.4 is 4.72 Å². The predicted octanol–water partition coefficient (Wildman–Crippen LogP) is 1.20. The first-order valence-corrected chi connectivity index (χ1v) is 8.24. The zero-order valence-electron chi connectivity index (χ0n) is 11.6. The van der Waals surface area contributed by atoms with Gasteiger partial charge in [0.15, 0.2) is 0 Å². The Hall–Kier alpha value is -0.660. The highest BCUT2D eigenvalue weighted by Gasteiger charge is 2.27. The molecule has 0 saturated carbocycles. The Morgan fingerprint density at radius 1 is 1.53 bits per heavy atom. The second-order valence-electron chi connectivity index (χ2n) is 5.42. The van der Waals surface area contributed by atoms with Crippen molar-refractivity contribution >= 4 is 16.2 Å². The maximum atomic E-state index is 12.1. The highest BCUT2D eigenvalue weighted by atomic mass is 32.2. The third-order valence-electron chi connectivity index (χ3n) is 3.34. The fourth-order valence-corrected chi connectivity index (χ4v) is 3.91. The van der Waals surface area contributed by atoms with Crippen molar-refractivity contribution in [2.45, 2.75) is 52.0 Å². The molecule has 0 bridgehead atoms. The molecule has 2 unspecified atom stereocenters. The molecule has 1 saturated heterocycles.